The van der Waals surface area contributed by atoms with Crippen LogP contribution >= 0.6 is 0 Å². The molecule has 1 spiro atoms. The molecule has 0 bridgehead atoms. The lowest BCUT2D eigenvalue weighted by Gasteiger charge is -2.39. The molecule has 0 saturated carbocycles. The Kier molecular flexibility index (Phi) is 7.72. The molecule has 2 aromatic heterocycles. The highest BCUT2D eigenvalue weighted by atomic mass is 16.5. The SMILES string of the molecule is c1ccc(-c2cc(-c3ccc4c(c3)Oc3cc(-c5ccc(-c6cccc7ncccc67)cc5)ccc3C43c4ccccc4-c4ccccc43)nc(-c3ccccc3)n2)cc1. The molecule has 4 nitrogen and oxygen atoms in total. The Bertz CT molecular complexity index is 3180. The summed E-state index contributed by atoms with van der Waals surface area (Å²) < 4.78 is 7.14. The Hall–Kier alpha value is -7.95. The molecule has 2 aliphatic rings. The minimum Gasteiger partial charge on any atom is -0.457 e. The summed E-state index contributed by atoms with van der Waals surface area (Å²) >= 11 is 0. The number of aromatic nitrogens is 3. The van der Waals surface area contributed by atoms with E-state index >= 15 is 0 Å². The number of fused-ring (bicyclic) bond motifs is 10. The maximum Gasteiger partial charge on any atom is 0.160 e. The molecule has 4 heteroatoms. The van der Waals surface area contributed by atoms with Crippen LogP contribution in [0.25, 0.3) is 78.2 Å². The number of rotatable bonds is 5. The zero-order valence-corrected chi connectivity index (χ0v) is 32.5. The van der Waals surface area contributed by atoms with E-state index in [-0.39, 0.29) is 0 Å². The molecular weight excluding hydrogens is 731 g/mol. The van der Waals surface area contributed by atoms with Gasteiger partial charge in [0.25, 0.3) is 0 Å². The Morgan fingerprint density at radius 3 is 1.60 bits per heavy atom. The van der Waals surface area contributed by atoms with Crippen molar-refractivity contribution in [3.63, 3.8) is 0 Å². The molecule has 0 N–H and O–H groups in total. The highest BCUT2D eigenvalue weighted by molar-refractivity contribution is 5.95. The summed E-state index contributed by atoms with van der Waals surface area (Å²) in [5.74, 6) is 2.33. The van der Waals surface area contributed by atoms with Crippen LogP contribution in [-0.2, 0) is 5.41 Å². The van der Waals surface area contributed by atoms with E-state index in [1.54, 1.807) is 0 Å². The van der Waals surface area contributed by atoms with Crippen LogP contribution in [0.2, 0.25) is 0 Å². The predicted molar refractivity (Wildman–Crippen MR) is 242 cm³/mol. The van der Waals surface area contributed by atoms with Gasteiger partial charge in [-0.15, -0.1) is 0 Å². The predicted octanol–water partition coefficient (Wildman–Crippen LogP) is 13.8. The summed E-state index contributed by atoms with van der Waals surface area (Å²) in [5.41, 5.74) is 16.8. The van der Waals surface area contributed by atoms with Crippen LogP contribution in [-0.4, -0.2) is 15.0 Å². The quantitative estimate of drug-likeness (QED) is 0.175. The molecule has 0 saturated heterocycles. The Morgan fingerprint density at radius 2 is 0.900 bits per heavy atom. The zero-order chi connectivity index (χ0) is 39.6. The summed E-state index contributed by atoms with van der Waals surface area (Å²) in [6, 6.07) is 73.0. The molecule has 8 aromatic carbocycles. The Labute approximate surface area is 348 Å². The first kappa shape index (κ1) is 34.1. The highest BCUT2D eigenvalue weighted by Gasteiger charge is 2.51. The van der Waals surface area contributed by atoms with Crippen LogP contribution in [0.4, 0.5) is 0 Å². The first-order valence-corrected chi connectivity index (χ1v) is 20.3. The van der Waals surface area contributed by atoms with Crippen LogP contribution in [0, 0.1) is 0 Å². The number of benzene rings is 8. The maximum atomic E-state index is 7.14. The lowest BCUT2D eigenvalue weighted by atomic mass is 9.66. The van der Waals surface area contributed by atoms with Crippen molar-refractivity contribution >= 4 is 10.9 Å². The summed E-state index contributed by atoms with van der Waals surface area (Å²) in [6.45, 7) is 0. The molecule has 1 aliphatic carbocycles. The van der Waals surface area contributed by atoms with Gasteiger partial charge in [-0.2, -0.15) is 0 Å². The second kappa shape index (κ2) is 13.6. The molecule has 1 aliphatic heterocycles. The van der Waals surface area contributed by atoms with E-state index in [1.807, 2.05) is 48.7 Å². The van der Waals surface area contributed by atoms with E-state index in [0.29, 0.717) is 5.82 Å². The smallest absolute Gasteiger partial charge is 0.160 e. The third kappa shape index (κ3) is 5.28. The molecule has 12 rings (SSSR count). The maximum absolute atomic E-state index is 7.14. The van der Waals surface area contributed by atoms with Gasteiger partial charge in [-0.3, -0.25) is 4.98 Å². The Morgan fingerprint density at radius 1 is 0.350 bits per heavy atom. The van der Waals surface area contributed by atoms with Crippen molar-refractivity contribution < 1.29 is 4.74 Å². The monoisotopic (exact) mass is 765 g/mol. The molecular formula is C56H35N3O. The molecule has 0 fully saturated rings. The fraction of sp³-hybridized carbons (Fsp3) is 0.0179. The van der Waals surface area contributed by atoms with Crippen molar-refractivity contribution in [3.8, 4) is 78.8 Å². The van der Waals surface area contributed by atoms with Crippen molar-refractivity contribution in [2.45, 2.75) is 5.41 Å². The molecule has 10 aromatic rings. The van der Waals surface area contributed by atoms with Crippen LogP contribution < -0.4 is 4.74 Å². The summed E-state index contributed by atoms with van der Waals surface area (Å²) in [4.78, 5) is 14.8. The third-order valence-electron chi connectivity index (χ3n) is 12.2. The van der Waals surface area contributed by atoms with Crippen molar-refractivity contribution in [1.29, 1.82) is 0 Å². The number of ether oxygens (including phenoxy) is 1. The molecule has 3 heterocycles. The van der Waals surface area contributed by atoms with Crippen molar-refractivity contribution in [3.05, 3.63) is 235 Å². The molecule has 0 atom stereocenters. The third-order valence-corrected chi connectivity index (χ3v) is 12.2. The van der Waals surface area contributed by atoms with Crippen LogP contribution in [0.1, 0.15) is 22.3 Å². The topological polar surface area (TPSA) is 47.9 Å². The minimum atomic E-state index is -0.588. The van der Waals surface area contributed by atoms with E-state index in [9.17, 15) is 0 Å². The summed E-state index contributed by atoms with van der Waals surface area (Å²) in [5, 5.41) is 1.14. The first-order valence-electron chi connectivity index (χ1n) is 20.3. The van der Waals surface area contributed by atoms with E-state index in [0.717, 1.165) is 78.3 Å². The van der Waals surface area contributed by atoms with E-state index in [2.05, 4.69) is 169 Å². The average Bonchev–Trinajstić information content (AvgIpc) is 3.62. The van der Waals surface area contributed by atoms with Gasteiger partial charge in [-0.1, -0.05) is 176 Å². The number of nitrogens with zero attached hydrogens (tertiary/aromatic N) is 3. The van der Waals surface area contributed by atoms with Gasteiger partial charge in [0.2, 0.25) is 0 Å². The second-order valence-electron chi connectivity index (χ2n) is 15.5. The van der Waals surface area contributed by atoms with E-state index in [1.165, 1.54) is 27.8 Å². The second-order valence-corrected chi connectivity index (χ2v) is 15.5. The highest BCUT2D eigenvalue weighted by Crippen LogP contribution is 2.62. The molecule has 0 radical (unpaired) electrons. The van der Waals surface area contributed by atoms with Gasteiger partial charge >= 0.3 is 0 Å². The summed E-state index contributed by atoms with van der Waals surface area (Å²) in [7, 11) is 0. The van der Waals surface area contributed by atoms with Gasteiger partial charge in [-0.25, -0.2) is 9.97 Å². The van der Waals surface area contributed by atoms with Crippen LogP contribution in [0.3, 0.4) is 0 Å². The van der Waals surface area contributed by atoms with Gasteiger partial charge in [0.15, 0.2) is 5.82 Å². The normalized spacial score (nSPS) is 12.9. The Balaban J connectivity index is 1.03. The fourth-order valence-electron chi connectivity index (χ4n) is 9.52. The number of pyridine rings is 1. The molecule has 280 valence electrons. The van der Waals surface area contributed by atoms with Crippen molar-refractivity contribution in [2.75, 3.05) is 0 Å². The first-order chi connectivity index (χ1) is 29.7. The van der Waals surface area contributed by atoms with Gasteiger partial charge in [0, 0.05) is 39.4 Å². The van der Waals surface area contributed by atoms with Gasteiger partial charge in [-0.05, 0) is 74.8 Å². The largest absolute Gasteiger partial charge is 0.457 e. The minimum absolute atomic E-state index is 0.588. The number of hydrogen-bond acceptors (Lipinski definition) is 4. The molecule has 0 amide bonds. The average molecular weight is 766 g/mol. The van der Waals surface area contributed by atoms with Gasteiger partial charge < -0.3 is 4.74 Å². The van der Waals surface area contributed by atoms with Crippen molar-refractivity contribution in [2.24, 2.45) is 0 Å². The van der Waals surface area contributed by atoms with Gasteiger partial charge in [0.1, 0.15) is 11.5 Å². The summed E-state index contributed by atoms with van der Waals surface area (Å²) in [6.07, 6.45) is 1.85. The fourth-order valence-corrected chi connectivity index (χ4v) is 9.52. The lowest BCUT2D eigenvalue weighted by molar-refractivity contribution is 0.437. The lowest BCUT2D eigenvalue weighted by Crippen LogP contribution is -2.32. The zero-order valence-electron chi connectivity index (χ0n) is 32.5. The van der Waals surface area contributed by atoms with Crippen LogP contribution in [0.15, 0.2) is 212 Å². The molecule has 60 heavy (non-hydrogen) atoms. The molecule has 0 unspecified atom stereocenters. The van der Waals surface area contributed by atoms with Gasteiger partial charge in [0.05, 0.1) is 22.3 Å². The van der Waals surface area contributed by atoms with Crippen LogP contribution in [0.5, 0.6) is 11.5 Å². The standard InChI is InChI=1S/C56H35N3O/c1-3-13-38(14-4-1)51-35-52(59-55(58-51)39-15-5-2-6-16-39)41-29-31-49-54(34-41)60-53-33-40(36-24-26-37(27-25-36)42-19-11-23-50-45(42)20-12-32-57-50)28-30-48(53)56(49)46-21-9-7-17-43(46)44-18-8-10-22-47(44)56/h1-35H. The van der Waals surface area contributed by atoms with E-state index < -0.39 is 5.41 Å². The number of hydrogen-bond donors (Lipinski definition) is 0. The van der Waals surface area contributed by atoms with Crippen molar-refractivity contribution in [1.82, 2.24) is 15.0 Å². The van der Waals surface area contributed by atoms with E-state index in [4.69, 9.17) is 14.7 Å².